The highest BCUT2D eigenvalue weighted by atomic mass is 32.1. The number of urea groups is 1. The van der Waals surface area contributed by atoms with Crippen LogP contribution in [0.15, 0.2) is 5.38 Å². The van der Waals surface area contributed by atoms with E-state index in [4.69, 9.17) is 5.11 Å². The van der Waals surface area contributed by atoms with E-state index in [9.17, 15) is 9.59 Å². The van der Waals surface area contributed by atoms with Crippen LogP contribution in [0, 0.1) is 0 Å². The lowest BCUT2D eigenvalue weighted by atomic mass is 10.4. The number of carbonyl (C=O) groups is 2. The van der Waals surface area contributed by atoms with Crippen molar-refractivity contribution in [3.63, 3.8) is 0 Å². The number of carbonyl (C=O) groups excluding carboxylic acids is 1. The minimum absolute atomic E-state index is 0.0575. The first kappa shape index (κ1) is 17.4. The monoisotopic (exact) mass is 314 g/mol. The molecule has 8 heteroatoms. The highest BCUT2D eigenvalue weighted by molar-refractivity contribution is 7.09. The van der Waals surface area contributed by atoms with Crippen molar-refractivity contribution in [1.29, 1.82) is 0 Å². The summed E-state index contributed by atoms with van der Waals surface area (Å²) in [7, 11) is 5.76. The highest BCUT2D eigenvalue weighted by Gasteiger charge is 2.10. The summed E-state index contributed by atoms with van der Waals surface area (Å²) in [6, 6.07) is -0.122. The molecule has 0 unspecified atom stereocenters. The zero-order chi connectivity index (χ0) is 15.8. The summed E-state index contributed by atoms with van der Waals surface area (Å²) >= 11 is 1.29. The normalized spacial score (nSPS) is 10.7. The quantitative estimate of drug-likeness (QED) is 0.747. The molecule has 0 aliphatic heterocycles. The van der Waals surface area contributed by atoms with Gasteiger partial charge in [-0.3, -0.25) is 0 Å². The first-order valence-electron chi connectivity index (χ1n) is 6.71. The third-order valence-electron chi connectivity index (χ3n) is 2.83. The number of hydrogen-bond acceptors (Lipinski definition) is 5. The molecule has 0 atom stereocenters. The van der Waals surface area contributed by atoms with Crippen molar-refractivity contribution < 1.29 is 14.7 Å². The molecule has 1 aromatic rings. The first-order valence-corrected chi connectivity index (χ1v) is 7.59. The van der Waals surface area contributed by atoms with E-state index in [1.54, 1.807) is 11.9 Å². The Morgan fingerprint density at radius 1 is 1.33 bits per heavy atom. The largest absolute Gasteiger partial charge is 0.476 e. The van der Waals surface area contributed by atoms with Gasteiger partial charge in [-0.1, -0.05) is 0 Å². The van der Waals surface area contributed by atoms with Crippen LogP contribution in [-0.2, 0) is 6.42 Å². The highest BCUT2D eigenvalue weighted by Crippen LogP contribution is 2.09. The number of amides is 2. The second-order valence-corrected chi connectivity index (χ2v) is 5.93. The summed E-state index contributed by atoms with van der Waals surface area (Å²) < 4.78 is 0. The number of thiazole rings is 1. The number of nitrogens with one attached hydrogen (secondary N) is 1. The molecule has 0 saturated carbocycles. The Bertz CT molecular complexity index is 476. The Labute approximate surface area is 128 Å². The molecule has 0 radical (unpaired) electrons. The lowest BCUT2D eigenvalue weighted by Crippen LogP contribution is -2.39. The number of hydrogen-bond donors (Lipinski definition) is 2. The van der Waals surface area contributed by atoms with E-state index < -0.39 is 5.97 Å². The van der Waals surface area contributed by atoms with Gasteiger partial charge in [0.1, 0.15) is 0 Å². The number of nitrogens with zero attached hydrogens (tertiary/aromatic N) is 3. The summed E-state index contributed by atoms with van der Waals surface area (Å²) in [6.07, 6.45) is 1.46. The molecule has 0 bridgehead atoms. The van der Waals surface area contributed by atoms with Crippen LogP contribution in [0.3, 0.4) is 0 Å². The maximum absolute atomic E-state index is 11.8. The summed E-state index contributed by atoms with van der Waals surface area (Å²) in [6.45, 7) is 2.09. The fraction of sp³-hybridized carbons (Fsp3) is 0.615. The molecule has 1 aromatic heterocycles. The van der Waals surface area contributed by atoms with E-state index in [1.165, 1.54) is 16.7 Å². The Balaban J connectivity index is 2.24. The van der Waals surface area contributed by atoms with E-state index in [1.807, 2.05) is 14.1 Å². The van der Waals surface area contributed by atoms with Crippen LogP contribution in [0.1, 0.15) is 21.9 Å². The van der Waals surface area contributed by atoms with E-state index >= 15 is 0 Å². The van der Waals surface area contributed by atoms with Crippen LogP contribution in [0.5, 0.6) is 0 Å². The molecule has 2 N–H and O–H groups in total. The molecule has 0 spiro atoms. The predicted octanol–water partition coefficient (Wildman–Crippen LogP) is 0.977. The average molecular weight is 314 g/mol. The SMILES string of the molecule is CN(C)CCCN(C)C(=O)NCCc1nc(C(=O)O)cs1. The van der Waals surface area contributed by atoms with Gasteiger partial charge in [0.2, 0.25) is 0 Å². The first-order chi connectivity index (χ1) is 9.90. The van der Waals surface area contributed by atoms with E-state index in [2.05, 4.69) is 15.2 Å². The van der Waals surface area contributed by atoms with Crippen molar-refractivity contribution >= 4 is 23.3 Å². The third-order valence-corrected chi connectivity index (χ3v) is 3.74. The van der Waals surface area contributed by atoms with Crippen LogP contribution >= 0.6 is 11.3 Å². The lowest BCUT2D eigenvalue weighted by Gasteiger charge is -2.19. The fourth-order valence-electron chi connectivity index (χ4n) is 1.66. The summed E-state index contributed by atoms with van der Waals surface area (Å²) in [4.78, 5) is 30.2. The molecule has 21 heavy (non-hydrogen) atoms. The van der Waals surface area contributed by atoms with E-state index in [-0.39, 0.29) is 11.7 Å². The van der Waals surface area contributed by atoms with Crippen LogP contribution in [0.4, 0.5) is 4.79 Å². The Morgan fingerprint density at radius 3 is 2.62 bits per heavy atom. The fourth-order valence-corrected chi connectivity index (χ4v) is 2.43. The Kier molecular flexibility index (Phi) is 7.10. The minimum Gasteiger partial charge on any atom is -0.476 e. The van der Waals surface area contributed by atoms with Crippen molar-refractivity contribution in [1.82, 2.24) is 20.1 Å². The summed E-state index contributed by atoms with van der Waals surface area (Å²) in [5, 5.41) is 13.8. The lowest BCUT2D eigenvalue weighted by molar-refractivity contribution is 0.0691. The van der Waals surface area contributed by atoms with Crippen molar-refractivity contribution in [3.8, 4) is 0 Å². The van der Waals surface area contributed by atoms with Crippen molar-refractivity contribution in [3.05, 3.63) is 16.1 Å². The molecule has 0 fully saturated rings. The van der Waals surface area contributed by atoms with Gasteiger partial charge in [0.15, 0.2) is 5.69 Å². The topological polar surface area (TPSA) is 85.8 Å². The third kappa shape index (κ3) is 6.54. The molecule has 0 aromatic carbocycles. The maximum Gasteiger partial charge on any atom is 0.355 e. The molecule has 0 saturated heterocycles. The standard InChI is InChI=1S/C13H22N4O3S/c1-16(2)7-4-8-17(3)13(20)14-6-5-11-15-10(9-21-11)12(18)19/h9H,4-8H2,1-3H3,(H,14,20)(H,18,19). The van der Waals surface area contributed by atoms with Crippen molar-refractivity contribution in [2.45, 2.75) is 12.8 Å². The number of carboxylic acids is 1. The van der Waals surface area contributed by atoms with Gasteiger partial charge in [0, 0.05) is 31.9 Å². The molecular weight excluding hydrogens is 292 g/mol. The number of aromatic nitrogens is 1. The van der Waals surface area contributed by atoms with Gasteiger partial charge in [-0.15, -0.1) is 11.3 Å². The van der Waals surface area contributed by atoms with Crippen LogP contribution < -0.4 is 5.32 Å². The van der Waals surface area contributed by atoms with Gasteiger partial charge in [-0.05, 0) is 27.1 Å². The number of rotatable bonds is 8. The van der Waals surface area contributed by atoms with Gasteiger partial charge in [0.05, 0.1) is 5.01 Å². The Morgan fingerprint density at radius 2 is 2.05 bits per heavy atom. The molecular formula is C13H22N4O3S. The van der Waals surface area contributed by atoms with Gasteiger partial charge in [0.25, 0.3) is 0 Å². The second kappa shape index (κ2) is 8.58. The molecule has 7 nitrogen and oxygen atoms in total. The van der Waals surface area contributed by atoms with Gasteiger partial charge < -0.3 is 20.2 Å². The average Bonchev–Trinajstić information content (AvgIpc) is 2.87. The maximum atomic E-state index is 11.8. The summed E-state index contributed by atoms with van der Waals surface area (Å²) in [5.41, 5.74) is 0.0575. The zero-order valence-corrected chi connectivity index (χ0v) is 13.4. The molecule has 1 rings (SSSR count). The van der Waals surface area contributed by atoms with E-state index in [0.29, 0.717) is 24.5 Å². The summed E-state index contributed by atoms with van der Waals surface area (Å²) in [5.74, 6) is -1.03. The van der Waals surface area contributed by atoms with Gasteiger partial charge in [-0.25, -0.2) is 14.6 Å². The predicted molar refractivity (Wildman–Crippen MR) is 82.0 cm³/mol. The zero-order valence-electron chi connectivity index (χ0n) is 12.6. The number of carboxylic acid groups (broad SMARTS) is 1. The second-order valence-electron chi connectivity index (χ2n) is 4.99. The van der Waals surface area contributed by atoms with Gasteiger partial charge >= 0.3 is 12.0 Å². The molecule has 0 aliphatic rings. The van der Waals surface area contributed by atoms with E-state index in [0.717, 1.165) is 13.0 Å². The smallest absolute Gasteiger partial charge is 0.355 e. The van der Waals surface area contributed by atoms with Crippen LogP contribution in [0.25, 0.3) is 0 Å². The molecule has 1 heterocycles. The number of aromatic carboxylic acids is 1. The molecule has 2 amide bonds. The van der Waals surface area contributed by atoms with Crippen molar-refractivity contribution in [2.24, 2.45) is 0 Å². The molecule has 118 valence electrons. The van der Waals surface area contributed by atoms with Crippen LogP contribution in [0.2, 0.25) is 0 Å². The minimum atomic E-state index is -1.03. The van der Waals surface area contributed by atoms with Crippen LogP contribution in [-0.4, -0.2) is 72.7 Å². The van der Waals surface area contributed by atoms with Crippen molar-refractivity contribution in [2.75, 3.05) is 40.8 Å². The molecule has 0 aliphatic carbocycles. The van der Waals surface area contributed by atoms with Gasteiger partial charge in [-0.2, -0.15) is 0 Å². The Hall–Kier alpha value is -1.67.